The minimum atomic E-state index is -4.21. The Hall–Kier alpha value is -4.18. The van der Waals surface area contributed by atoms with Crippen LogP contribution in [0.3, 0.4) is 0 Å². The Morgan fingerprint density at radius 1 is 0.780 bits per heavy atom. The van der Waals surface area contributed by atoms with Crippen molar-refractivity contribution in [2.75, 3.05) is 7.11 Å². The van der Waals surface area contributed by atoms with Crippen molar-refractivity contribution in [3.63, 3.8) is 0 Å². The van der Waals surface area contributed by atoms with Crippen molar-refractivity contribution in [3.8, 4) is 11.1 Å². The van der Waals surface area contributed by atoms with E-state index in [9.17, 15) is 22.8 Å². The normalized spacial score (nSPS) is 11.8. The number of hydrogen-bond donors (Lipinski definition) is 2. The number of benzene rings is 4. The van der Waals surface area contributed by atoms with Gasteiger partial charge in [-0.15, -0.1) is 0 Å². The van der Waals surface area contributed by atoms with Crippen LogP contribution in [0.5, 0.6) is 0 Å². The van der Waals surface area contributed by atoms with Gasteiger partial charge in [0.1, 0.15) is 6.04 Å². The highest BCUT2D eigenvalue weighted by Crippen LogP contribution is 2.28. The van der Waals surface area contributed by atoms with Crippen LogP contribution in [0.2, 0.25) is 10.0 Å². The van der Waals surface area contributed by atoms with Crippen molar-refractivity contribution in [1.29, 1.82) is 0 Å². The molecule has 0 saturated heterocycles. The van der Waals surface area contributed by atoms with Crippen molar-refractivity contribution in [3.05, 3.63) is 124 Å². The van der Waals surface area contributed by atoms with E-state index in [1.165, 1.54) is 37.4 Å². The maximum Gasteiger partial charge on any atom is 0.328 e. The van der Waals surface area contributed by atoms with Gasteiger partial charge < -0.3 is 10.1 Å². The molecule has 4 aromatic rings. The first-order valence-corrected chi connectivity index (χ1v) is 14.5. The lowest BCUT2D eigenvalue weighted by Crippen LogP contribution is -2.43. The van der Waals surface area contributed by atoms with Crippen LogP contribution in [0.4, 0.5) is 0 Å². The van der Waals surface area contributed by atoms with E-state index >= 15 is 0 Å². The largest absolute Gasteiger partial charge is 0.467 e. The van der Waals surface area contributed by atoms with Gasteiger partial charge in [-0.25, -0.2) is 17.9 Å². The van der Waals surface area contributed by atoms with E-state index in [0.29, 0.717) is 16.7 Å². The van der Waals surface area contributed by atoms with Gasteiger partial charge in [0.15, 0.2) is 0 Å². The molecule has 0 radical (unpaired) electrons. The molecule has 0 unspecified atom stereocenters. The molecular weight excluding hydrogens is 587 g/mol. The zero-order chi connectivity index (χ0) is 29.6. The number of rotatable bonds is 9. The highest BCUT2D eigenvalue weighted by molar-refractivity contribution is 7.90. The lowest BCUT2D eigenvalue weighted by Gasteiger charge is -2.18. The van der Waals surface area contributed by atoms with Crippen molar-refractivity contribution < 1.29 is 27.5 Å². The van der Waals surface area contributed by atoms with Crippen LogP contribution in [0.1, 0.15) is 26.3 Å². The highest BCUT2D eigenvalue weighted by atomic mass is 35.5. The summed E-state index contributed by atoms with van der Waals surface area (Å²) in [6.07, 6.45) is 0.0772. The molecule has 2 amide bonds. The maximum absolute atomic E-state index is 13.2. The van der Waals surface area contributed by atoms with Gasteiger partial charge in [-0.05, 0) is 41.5 Å². The SMILES string of the molecule is COC(=O)[C@H](Cc1ccc(-c2ccccc2S(=O)(=O)NC(=O)c2ccccc2)cc1)NC(=O)c1c(Cl)cccc1Cl. The number of nitrogens with one attached hydrogen (secondary N) is 2. The average molecular weight is 612 g/mol. The van der Waals surface area contributed by atoms with Crippen LogP contribution < -0.4 is 10.0 Å². The molecule has 0 heterocycles. The Kier molecular flexibility index (Phi) is 9.44. The topological polar surface area (TPSA) is 119 Å². The summed E-state index contributed by atoms with van der Waals surface area (Å²) in [5.74, 6) is -2.05. The predicted molar refractivity (Wildman–Crippen MR) is 156 cm³/mol. The number of ether oxygens (including phenoxy) is 1. The zero-order valence-corrected chi connectivity index (χ0v) is 24.0. The molecule has 210 valence electrons. The van der Waals surface area contributed by atoms with Crippen LogP contribution >= 0.6 is 23.2 Å². The first-order chi connectivity index (χ1) is 19.6. The van der Waals surface area contributed by atoms with Crippen molar-refractivity contribution in [2.24, 2.45) is 0 Å². The van der Waals surface area contributed by atoms with Gasteiger partial charge in [0.25, 0.3) is 21.8 Å². The number of sulfonamides is 1. The standard InChI is InChI=1S/C30H24Cl2N2O6S/c1-40-30(37)25(33-29(36)27-23(31)11-7-12-24(27)32)18-19-14-16-20(17-15-19)22-10-5-6-13-26(22)41(38,39)34-28(35)21-8-3-2-4-9-21/h2-17,25H,18H2,1H3,(H,33,36)(H,34,35)/t25-/m0/s1. The summed E-state index contributed by atoms with van der Waals surface area (Å²) in [7, 11) is -3.00. The third-order valence-corrected chi connectivity index (χ3v) is 8.14. The molecule has 8 nitrogen and oxygen atoms in total. The molecule has 41 heavy (non-hydrogen) atoms. The Balaban J connectivity index is 1.55. The number of carbonyl (C=O) groups excluding carboxylic acids is 3. The van der Waals surface area contributed by atoms with Gasteiger partial charge in [0.05, 0.1) is 27.6 Å². The predicted octanol–water partition coefficient (Wildman–Crippen LogP) is 5.29. The molecule has 4 aromatic carbocycles. The summed E-state index contributed by atoms with van der Waals surface area (Å²) >= 11 is 12.3. The van der Waals surface area contributed by atoms with E-state index in [1.54, 1.807) is 66.7 Å². The van der Waals surface area contributed by atoms with Gasteiger partial charge in [0.2, 0.25) is 0 Å². The van der Waals surface area contributed by atoms with Crippen LogP contribution in [0.15, 0.2) is 102 Å². The summed E-state index contributed by atoms with van der Waals surface area (Å²) < 4.78 is 33.3. The molecule has 0 aliphatic carbocycles. The fourth-order valence-corrected chi connectivity index (χ4v) is 5.88. The second-order valence-corrected chi connectivity index (χ2v) is 11.3. The molecule has 11 heteroatoms. The van der Waals surface area contributed by atoms with Gasteiger partial charge in [-0.2, -0.15) is 0 Å². The molecule has 0 saturated carbocycles. The summed E-state index contributed by atoms with van der Waals surface area (Å²) in [6, 6.07) is 24.7. The number of amides is 2. The van der Waals surface area contributed by atoms with Crippen LogP contribution in [-0.2, 0) is 26.0 Å². The summed E-state index contributed by atoms with van der Waals surface area (Å²) in [5, 5.41) is 2.89. The molecular formula is C30H24Cl2N2O6S. The number of methoxy groups -OCH3 is 1. The molecule has 0 aliphatic rings. The van der Waals surface area contributed by atoms with Crippen LogP contribution in [0, 0.1) is 0 Å². The highest BCUT2D eigenvalue weighted by Gasteiger charge is 2.26. The van der Waals surface area contributed by atoms with E-state index in [2.05, 4.69) is 10.0 Å². The number of carbonyl (C=O) groups is 3. The van der Waals surface area contributed by atoms with Crippen LogP contribution in [0.25, 0.3) is 11.1 Å². The average Bonchev–Trinajstić information content (AvgIpc) is 2.97. The van der Waals surface area contributed by atoms with Crippen molar-refractivity contribution in [2.45, 2.75) is 17.4 Å². The van der Waals surface area contributed by atoms with Crippen molar-refractivity contribution in [1.82, 2.24) is 10.0 Å². The minimum Gasteiger partial charge on any atom is -0.467 e. The Morgan fingerprint density at radius 3 is 2.02 bits per heavy atom. The number of hydrogen-bond acceptors (Lipinski definition) is 6. The second-order valence-electron chi connectivity index (χ2n) is 8.84. The van der Waals surface area contributed by atoms with Gasteiger partial charge in [-0.3, -0.25) is 9.59 Å². The minimum absolute atomic E-state index is 0.0391. The molecule has 0 aliphatic heterocycles. The molecule has 0 bridgehead atoms. The second kappa shape index (κ2) is 13.0. The monoisotopic (exact) mass is 610 g/mol. The van der Waals surface area contributed by atoms with Crippen LogP contribution in [-0.4, -0.2) is 39.4 Å². The molecule has 0 fully saturated rings. The van der Waals surface area contributed by atoms with E-state index < -0.39 is 33.8 Å². The van der Waals surface area contributed by atoms with Crippen molar-refractivity contribution >= 4 is 51.0 Å². The van der Waals surface area contributed by atoms with Gasteiger partial charge >= 0.3 is 5.97 Å². The Labute approximate surface area is 247 Å². The van der Waals surface area contributed by atoms with E-state index in [1.807, 2.05) is 0 Å². The lowest BCUT2D eigenvalue weighted by atomic mass is 10.0. The van der Waals surface area contributed by atoms with E-state index in [0.717, 1.165) is 0 Å². The lowest BCUT2D eigenvalue weighted by molar-refractivity contribution is -0.142. The molecule has 4 rings (SSSR count). The summed E-state index contributed by atoms with van der Waals surface area (Å²) in [4.78, 5) is 37.8. The molecule has 0 aromatic heterocycles. The Morgan fingerprint density at radius 2 is 1.39 bits per heavy atom. The number of esters is 1. The van der Waals surface area contributed by atoms with Gasteiger partial charge in [-0.1, -0.05) is 89.9 Å². The summed E-state index contributed by atoms with van der Waals surface area (Å²) in [6.45, 7) is 0. The van der Waals surface area contributed by atoms with E-state index in [4.69, 9.17) is 27.9 Å². The first kappa shape index (κ1) is 29.8. The van der Waals surface area contributed by atoms with E-state index in [-0.39, 0.29) is 32.5 Å². The molecule has 0 spiro atoms. The third kappa shape index (κ3) is 7.13. The molecule has 2 N–H and O–H groups in total. The maximum atomic E-state index is 13.2. The fourth-order valence-electron chi connectivity index (χ4n) is 4.10. The smallest absolute Gasteiger partial charge is 0.328 e. The fraction of sp³-hybridized carbons (Fsp3) is 0.100. The first-order valence-electron chi connectivity index (χ1n) is 12.2. The molecule has 1 atom stereocenters. The third-order valence-electron chi connectivity index (χ3n) is 6.13. The summed E-state index contributed by atoms with van der Waals surface area (Å²) in [5.41, 5.74) is 1.84. The van der Waals surface area contributed by atoms with Gasteiger partial charge in [0, 0.05) is 17.5 Å². The zero-order valence-electron chi connectivity index (χ0n) is 21.6. The number of halogens is 2. The quantitative estimate of drug-likeness (QED) is 0.248. The Bertz CT molecular complexity index is 1670.